The summed E-state index contributed by atoms with van der Waals surface area (Å²) < 4.78 is 47.3. The first-order chi connectivity index (χ1) is 6.22. The smallest absolute Gasteiger partial charge is 0.329 e. The Kier molecular flexibility index (Phi) is 4.41. The number of hydrogen-bond acceptors (Lipinski definition) is 3. The molecule has 0 aromatic rings. The first-order valence-corrected chi connectivity index (χ1v) is 5.68. The lowest BCUT2D eigenvalue weighted by atomic mass is 10.00. The molecule has 0 amide bonds. The van der Waals surface area contributed by atoms with E-state index in [9.17, 15) is 17.2 Å². The van der Waals surface area contributed by atoms with Crippen LogP contribution in [-0.2, 0) is 10.0 Å². The first-order valence-electron chi connectivity index (χ1n) is 4.18. The second-order valence-electron chi connectivity index (χ2n) is 3.33. The molecule has 14 heavy (non-hydrogen) atoms. The predicted octanol–water partition coefficient (Wildman–Crippen LogP) is 0.598. The Labute approximate surface area is 83.1 Å². The fourth-order valence-corrected chi connectivity index (χ4v) is 1.98. The lowest BCUT2D eigenvalue weighted by molar-refractivity contribution is 0.187. The van der Waals surface area contributed by atoms with Crippen molar-refractivity contribution >= 4 is 10.0 Å². The Morgan fingerprint density at radius 3 is 2.14 bits per heavy atom. The first kappa shape index (κ1) is 13.7. The molecule has 2 N–H and O–H groups in total. The highest BCUT2D eigenvalue weighted by molar-refractivity contribution is 7.89. The van der Waals surface area contributed by atoms with Gasteiger partial charge >= 0.3 is 5.76 Å². The SMILES string of the molecule is CCC(C)(CN)N(C)S(=O)(=O)C(F)F. The Morgan fingerprint density at radius 2 is 1.93 bits per heavy atom. The molecule has 0 saturated carbocycles. The summed E-state index contributed by atoms with van der Waals surface area (Å²) in [4.78, 5) is 0. The van der Waals surface area contributed by atoms with Gasteiger partial charge in [-0.1, -0.05) is 6.92 Å². The van der Waals surface area contributed by atoms with Gasteiger partial charge in [-0.2, -0.15) is 13.1 Å². The average Bonchev–Trinajstić information content (AvgIpc) is 2.15. The van der Waals surface area contributed by atoms with Crippen molar-refractivity contribution in [1.29, 1.82) is 0 Å². The van der Waals surface area contributed by atoms with Crippen molar-refractivity contribution in [2.75, 3.05) is 13.6 Å². The second kappa shape index (κ2) is 4.50. The molecule has 7 heteroatoms. The summed E-state index contributed by atoms with van der Waals surface area (Å²) in [5, 5.41) is 0. The van der Waals surface area contributed by atoms with Gasteiger partial charge in [0.1, 0.15) is 0 Å². The zero-order valence-electron chi connectivity index (χ0n) is 8.50. The molecule has 0 spiro atoms. The van der Waals surface area contributed by atoms with Crippen molar-refractivity contribution in [2.24, 2.45) is 5.73 Å². The Balaban J connectivity index is 5.04. The zero-order chi connectivity index (χ0) is 11.6. The zero-order valence-corrected chi connectivity index (χ0v) is 9.31. The van der Waals surface area contributed by atoms with Crippen molar-refractivity contribution < 1.29 is 17.2 Å². The van der Waals surface area contributed by atoms with Crippen LogP contribution < -0.4 is 5.73 Å². The third-order valence-corrected chi connectivity index (χ3v) is 4.22. The summed E-state index contributed by atoms with van der Waals surface area (Å²) in [6.07, 6.45) is 0.381. The van der Waals surface area contributed by atoms with E-state index in [0.717, 1.165) is 7.05 Å². The van der Waals surface area contributed by atoms with E-state index in [-0.39, 0.29) is 6.54 Å². The van der Waals surface area contributed by atoms with E-state index in [4.69, 9.17) is 5.73 Å². The van der Waals surface area contributed by atoms with E-state index < -0.39 is 21.3 Å². The Hall–Kier alpha value is -0.270. The fourth-order valence-electron chi connectivity index (χ4n) is 0.922. The number of nitrogens with zero attached hydrogens (tertiary/aromatic N) is 1. The number of halogens is 2. The molecule has 0 aromatic carbocycles. The molecule has 86 valence electrons. The molecule has 0 aliphatic carbocycles. The summed E-state index contributed by atoms with van der Waals surface area (Å²) in [5.41, 5.74) is 4.42. The van der Waals surface area contributed by atoms with Gasteiger partial charge in [0.05, 0.1) is 0 Å². The van der Waals surface area contributed by atoms with E-state index in [1.807, 2.05) is 0 Å². The van der Waals surface area contributed by atoms with Crippen LogP contribution in [0.25, 0.3) is 0 Å². The van der Waals surface area contributed by atoms with Gasteiger partial charge in [0.15, 0.2) is 0 Å². The fraction of sp³-hybridized carbons (Fsp3) is 1.00. The van der Waals surface area contributed by atoms with Gasteiger partial charge in [-0.15, -0.1) is 0 Å². The largest absolute Gasteiger partial charge is 0.350 e. The van der Waals surface area contributed by atoms with Crippen LogP contribution in [0.15, 0.2) is 0 Å². The lowest BCUT2D eigenvalue weighted by Gasteiger charge is -2.35. The summed E-state index contributed by atoms with van der Waals surface area (Å²) in [6.45, 7) is 3.24. The second-order valence-corrected chi connectivity index (χ2v) is 5.26. The maximum absolute atomic E-state index is 12.2. The third-order valence-electron chi connectivity index (χ3n) is 2.57. The maximum atomic E-state index is 12.2. The number of nitrogens with two attached hydrogens (primary N) is 1. The summed E-state index contributed by atoms with van der Waals surface area (Å²) >= 11 is 0. The van der Waals surface area contributed by atoms with Crippen molar-refractivity contribution in [3.05, 3.63) is 0 Å². The lowest BCUT2D eigenvalue weighted by Crippen LogP contribution is -2.53. The van der Waals surface area contributed by atoms with Crippen LogP contribution in [0.3, 0.4) is 0 Å². The molecule has 0 aromatic heterocycles. The summed E-state index contributed by atoms with van der Waals surface area (Å²) in [7, 11) is -3.42. The number of rotatable bonds is 5. The molecule has 1 atom stereocenters. The Morgan fingerprint density at radius 1 is 1.50 bits per heavy atom. The molecule has 0 radical (unpaired) electrons. The molecule has 0 fully saturated rings. The van der Waals surface area contributed by atoms with Gasteiger partial charge in [0.25, 0.3) is 10.0 Å². The van der Waals surface area contributed by atoms with E-state index in [1.165, 1.54) is 6.92 Å². The van der Waals surface area contributed by atoms with Crippen molar-refractivity contribution in [3.8, 4) is 0 Å². The molecule has 0 bridgehead atoms. The predicted molar refractivity (Wildman–Crippen MR) is 50.4 cm³/mol. The van der Waals surface area contributed by atoms with Crippen LogP contribution in [0.5, 0.6) is 0 Å². The molecule has 0 aliphatic rings. The highest BCUT2D eigenvalue weighted by atomic mass is 32.2. The third kappa shape index (κ3) is 2.40. The minimum absolute atomic E-state index is 0.00590. The highest BCUT2D eigenvalue weighted by Gasteiger charge is 2.39. The molecule has 0 rings (SSSR count). The van der Waals surface area contributed by atoms with Gasteiger partial charge in [-0.05, 0) is 13.3 Å². The molecule has 1 unspecified atom stereocenters. The van der Waals surface area contributed by atoms with Gasteiger partial charge in [0, 0.05) is 19.1 Å². The van der Waals surface area contributed by atoms with Crippen LogP contribution in [0.2, 0.25) is 0 Å². The summed E-state index contributed by atoms with van der Waals surface area (Å²) in [5.74, 6) is -3.40. The molecule has 4 nitrogen and oxygen atoms in total. The standard InChI is InChI=1S/C7H16F2N2O2S/c1-4-7(2,5-10)11(3)14(12,13)6(8)9/h6H,4-5,10H2,1-3H3. The molecular weight excluding hydrogens is 214 g/mol. The van der Waals surface area contributed by atoms with Crippen molar-refractivity contribution in [1.82, 2.24) is 4.31 Å². The normalized spacial score (nSPS) is 17.4. The van der Waals surface area contributed by atoms with Crippen LogP contribution in [0.1, 0.15) is 20.3 Å². The van der Waals surface area contributed by atoms with E-state index in [0.29, 0.717) is 10.7 Å². The van der Waals surface area contributed by atoms with E-state index in [2.05, 4.69) is 0 Å². The van der Waals surface area contributed by atoms with Crippen molar-refractivity contribution in [2.45, 2.75) is 31.6 Å². The summed E-state index contributed by atoms with van der Waals surface area (Å²) in [6, 6.07) is 0. The molecule has 0 aliphatic heterocycles. The highest BCUT2D eigenvalue weighted by Crippen LogP contribution is 2.23. The Bertz CT molecular complexity index is 275. The number of alkyl halides is 2. The molecule has 0 saturated heterocycles. The van der Waals surface area contributed by atoms with Crippen LogP contribution >= 0.6 is 0 Å². The van der Waals surface area contributed by atoms with Crippen LogP contribution in [-0.4, -0.2) is 37.6 Å². The quantitative estimate of drug-likeness (QED) is 0.752. The number of hydrogen-bond donors (Lipinski definition) is 1. The minimum Gasteiger partial charge on any atom is -0.329 e. The monoisotopic (exact) mass is 230 g/mol. The van der Waals surface area contributed by atoms with Gasteiger partial charge in [-0.3, -0.25) is 0 Å². The van der Waals surface area contributed by atoms with Crippen LogP contribution in [0.4, 0.5) is 8.78 Å². The van der Waals surface area contributed by atoms with Gasteiger partial charge < -0.3 is 5.73 Å². The topological polar surface area (TPSA) is 63.4 Å². The minimum atomic E-state index is -4.54. The van der Waals surface area contributed by atoms with E-state index in [1.54, 1.807) is 6.92 Å². The number of likely N-dealkylation sites (N-methyl/N-ethyl adjacent to an activating group) is 1. The van der Waals surface area contributed by atoms with Gasteiger partial charge in [-0.25, -0.2) is 8.42 Å². The maximum Gasteiger partial charge on any atom is 0.350 e. The average molecular weight is 230 g/mol. The molecule has 0 heterocycles. The number of sulfonamides is 1. The van der Waals surface area contributed by atoms with E-state index >= 15 is 0 Å². The van der Waals surface area contributed by atoms with Crippen LogP contribution in [0, 0.1) is 0 Å². The van der Waals surface area contributed by atoms with Crippen molar-refractivity contribution in [3.63, 3.8) is 0 Å². The van der Waals surface area contributed by atoms with Gasteiger partial charge in [0.2, 0.25) is 0 Å². The molecular formula is C7H16F2N2O2S.